The minimum absolute atomic E-state index is 0.000713. The van der Waals surface area contributed by atoms with E-state index in [1.54, 1.807) is 17.6 Å². The fourth-order valence-electron chi connectivity index (χ4n) is 5.01. The molecule has 38 heavy (non-hydrogen) atoms. The molecule has 5 rings (SSSR count). The zero-order chi connectivity index (χ0) is 27.6. The van der Waals surface area contributed by atoms with Crippen molar-refractivity contribution in [3.05, 3.63) is 63.4 Å². The largest absolute Gasteiger partial charge is 0.490 e. The summed E-state index contributed by atoms with van der Waals surface area (Å²) >= 11 is 0. The van der Waals surface area contributed by atoms with Gasteiger partial charge in [0.2, 0.25) is 0 Å². The second-order valence-electron chi connectivity index (χ2n) is 9.65. The van der Waals surface area contributed by atoms with E-state index in [0.29, 0.717) is 44.7 Å². The Morgan fingerprint density at radius 2 is 2.05 bits per heavy atom. The molecule has 0 fully saturated rings. The third kappa shape index (κ3) is 4.28. The Kier molecular flexibility index (Phi) is 6.36. The molecule has 3 aromatic rings. The molecule has 0 bridgehead atoms. The van der Waals surface area contributed by atoms with Gasteiger partial charge in [-0.1, -0.05) is 13.5 Å². The van der Waals surface area contributed by atoms with Gasteiger partial charge < -0.3 is 34.8 Å². The van der Waals surface area contributed by atoms with Crippen LogP contribution in [0.4, 0.5) is 15.8 Å². The number of phosphoric acid groups is 1. The highest BCUT2D eigenvalue weighted by molar-refractivity contribution is 7.46. The molecule has 0 spiro atoms. The number of anilines is 2. The minimum atomic E-state index is -4.76. The molecule has 11 nitrogen and oxygen atoms in total. The van der Waals surface area contributed by atoms with Crippen LogP contribution >= 0.6 is 7.82 Å². The van der Waals surface area contributed by atoms with E-state index in [-0.39, 0.29) is 42.6 Å². The van der Waals surface area contributed by atoms with E-state index in [9.17, 15) is 14.5 Å². The van der Waals surface area contributed by atoms with E-state index in [1.165, 1.54) is 6.07 Å². The van der Waals surface area contributed by atoms with Gasteiger partial charge in [-0.25, -0.2) is 13.9 Å². The Labute approximate surface area is 217 Å². The van der Waals surface area contributed by atoms with Crippen LogP contribution in [0.15, 0.2) is 35.3 Å². The van der Waals surface area contributed by atoms with Gasteiger partial charge in [-0.15, -0.1) is 0 Å². The lowest BCUT2D eigenvalue weighted by Gasteiger charge is -2.35. The quantitative estimate of drug-likeness (QED) is 0.172. The van der Waals surface area contributed by atoms with E-state index in [1.807, 2.05) is 19.9 Å². The predicted molar refractivity (Wildman–Crippen MR) is 139 cm³/mol. The average molecular weight is 546 g/mol. The second kappa shape index (κ2) is 9.18. The van der Waals surface area contributed by atoms with Crippen molar-refractivity contribution in [2.45, 2.75) is 52.0 Å². The molecular formula is C25H28FN4O7P. The number of nitrogens with one attached hydrogen (secondary N) is 2. The number of benzene rings is 1. The molecule has 13 heteroatoms. The highest BCUT2D eigenvalue weighted by Crippen LogP contribution is 2.43. The molecule has 0 aliphatic carbocycles. The first kappa shape index (κ1) is 26.3. The molecule has 0 unspecified atom stereocenters. The van der Waals surface area contributed by atoms with Gasteiger partial charge in [0, 0.05) is 28.6 Å². The van der Waals surface area contributed by atoms with Crippen LogP contribution in [-0.4, -0.2) is 37.2 Å². The van der Waals surface area contributed by atoms with Crippen LogP contribution in [0.1, 0.15) is 43.9 Å². The summed E-state index contributed by atoms with van der Waals surface area (Å²) in [6.45, 7) is 8.91. The maximum absolute atomic E-state index is 15.3. The fraction of sp³-hybridized carbons (Fsp3) is 0.360. The van der Waals surface area contributed by atoms with Crippen LogP contribution in [0, 0.1) is 5.82 Å². The summed E-state index contributed by atoms with van der Waals surface area (Å²) in [7, 11) is -4.76. The number of ether oxygens (including phenoxy) is 1. The molecule has 2 aliphatic heterocycles. The number of nitrogens with zero attached hydrogens (tertiary/aromatic N) is 2. The molecule has 0 amide bonds. The molecule has 202 valence electrons. The van der Waals surface area contributed by atoms with Gasteiger partial charge in [-0.05, 0) is 32.4 Å². The summed E-state index contributed by atoms with van der Waals surface area (Å²) in [5.74, 6) is -0.534. The Balaban J connectivity index is 1.67. The van der Waals surface area contributed by atoms with Gasteiger partial charge >= 0.3 is 7.82 Å². The molecule has 1 atom stereocenters. The van der Waals surface area contributed by atoms with Crippen LogP contribution in [0.25, 0.3) is 22.3 Å². The number of fused-ring (bicyclic) bond motifs is 5. The maximum Gasteiger partial charge on any atom is 0.471 e. The molecule has 0 saturated heterocycles. The maximum atomic E-state index is 15.3. The van der Waals surface area contributed by atoms with Crippen LogP contribution in [0.2, 0.25) is 0 Å². The topological polar surface area (TPSA) is 155 Å². The first-order valence-corrected chi connectivity index (χ1v) is 13.6. The van der Waals surface area contributed by atoms with Crippen molar-refractivity contribution in [2.75, 3.05) is 17.4 Å². The predicted octanol–water partition coefficient (Wildman–Crippen LogP) is 3.50. The summed E-state index contributed by atoms with van der Waals surface area (Å²) in [6, 6.07) is 4.63. The third-order valence-corrected chi connectivity index (χ3v) is 7.31. The molecule has 0 radical (unpaired) electrons. The molecule has 2 aliphatic rings. The molecule has 1 aromatic carbocycles. The van der Waals surface area contributed by atoms with Crippen molar-refractivity contribution < 1.29 is 33.1 Å². The van der Waals surface area contributed by atoms with E-state index in [2.05, 4.69) is 21.7 Å². The SMILES string of the molecule is C=C1OCc2c(cc3n(c2=O)Cc2cc4c(NC(C)C)c(NCOP(=O)(O)O)c(F)cc4nc2-3)[C@@]1(O)CC. The lowest BCUT2D eigenvalue weighted by atomic mass is 9.84. The van der Waals surface area contributed by atoms with Crippen molar-refractivity contribution in [1.29, 1.82) is 0 Å². The van der Waals surface area contributed by atoms with Gasteiger partial charge in [-0.2, -0.15) is 0 Å². The van der Waals surface area contributed by atoms with Crippen molar-refractivity contribution in [1.82, 2.24) is 9.55 Å². The Hall–Kier alpha value is -3.28. The first-order valence-electron chi connectivity index (χ1n) is 12.0. The Bertz CT molecular complexity index is 1600. The van der Waals surface area contributed by atoms with E-state index < -0.39 is 26.0 Å². The molecule has 4 heterocycles. The van der Waals surface area contributed by atoms with E-state index in [0.717, 1.165) is 0 Å². The van der Waals surface area contributed by atoms with E-state index in [4.69, 9.17) is 19.5 Å². The number of hydrogen-bond acceptors (Lipinski definition) is 8. The number of phosphoric ester groups is 1. The summed E-state index contributed by atoms with van der Waals surface area (Å²) in [6.07, 6.45) is 0.261. The number of pyridine rings is 2. The fourth-order valence-corrected chi connectivity index (χ4v) is 5.24. The zero-order valence-electron chi connectivity index (χ0n) is 21.0. The molecule has 5 N–H and O–H groups in total. The number of halogens is 1. The van der Waals surface area contributed by atoms with Gasteiger partial charge in [-0.3, -0.25) is 9.32 Å². The summed E-state index contributed by atoms with van der Waals surface area (Å²) < 4.78 is 37.9. The average Bonchev–Trinajstić information content (AvgIpc) is 3.19. The van der Waals surface area contributed by atoms with Gasteiger partial charge in [0.1, 0.15) is 24.7 Å². The van der Waals surface area contributed by atoms with Crippen LogP contribution in [0.3, 0.4) is 0 Å². The Morgan fingerprint density at radius 1 is 1.32 bits per heavy atom. The molecular weight excluding hydrogens is 518 g/mol. The van der Waals surface area contributed by atoms with E-state index >= 15 is 4.39 Å². The van der Waals surface area contributed by atoms with Gasteiger partial charge in [0.05, 0.1) is 40.4 Å². The normalized spacial score (nSPS) is 18.3. The van der Waals surface area contributed by atoms with Gasteiger partial charge in [0.15, 0.2) is 5.82 Å². The van der Waals surface area contributed by atoms with Crippen molar-refractivity contribution in [3.63, 3.8) is 0 Å². The molecule has 0 saturated carbocycles. The lowest BCUT2D eigenvalue weighted by Crippen LogP contribution is -2.38. The zero-order valence-corrected chi connectivity index (χ0v) is 21.9. The van der Waals surface area contributed by atoms with Crippen LogP contribution < -0.4 is 16.2 Å². The lowest BCUT2D eigenvalue weighted by molar-refractivity contribution is -0.0172. The van der Waals surface area contributed by atoms with Crippen molar-refractivity contribution >= 4 is 30.1 Å². The van der Waals surface area contributed by atoms with Crippen molar-refractivity contribution in [3.8, 4) is 11.4 Å². The monoisotopic (exact) mass is 546 g/mol. The number of aliphatic hydroxyl groups is 1. The molecule has 2 aromatic heterocycles. The minimum Gasteiger partial charge on any atom is -0.490 e. The summed E-state index contributed by atoms with van der Waals surface area (Å²) in [5, 5.41) is 17.6. The second-order valence-corrected chi connectivity index (χ2v) is 10.9. The first-order chi connectivity index (χ1) is 17.8. The van der Waals surface area contributed by atoms with Gasteiger partial charge in [0.25, 0.3) is 5.56 Å². The van der Waals surface area contributed by atoms with Crippen molar-refractivity contribution in [2.24, 2.45) is 0 Å². The summed E-state index contributed by atoms with van der Waals surface area (Å²) in [5.41, 5.74) is 1.29. The number of rotatable bonds is 7. The Morgan fingerprint density at radius 3 is 2.71 bits per heavy atom. The summed E-state index contributed by atoms with van der Waals surface area (Å²) in [4.78, 5) is 36.1. The highest BCUT2D eigenvalue weighted by Gasteiger charge is 2.41. The number of aromatic nitrogens is 2. The standard InChI is InChI=1S/C25H28FN4O7P/c1-5-25(32)13(4)36-10-16-17(25)7-20-21-14(9-30(20)24(16)31)6-15-19(29-21)8-18(26)23(22(15)28-12(2)3)27-11-37-38(33,34)35/h6-8,12,27-28,32H,4-5,9-11H2,1-3H3,(H2,33,34,35)/t25-/m1/s1. The smallest absolute Gasteiger partial charge is 0.471 e. The number of hydrogen-bond donors (Lipinski definition) is 5. The third-order valence-electron chi connectivity index (χ3n) is 6.85. The highest BCUT2D eigenvalue weighted by atomic mass is 31.2. The van der Waals surface area contributed by atoms with Crippen LogP contribution in [0.5, 0.6) is 0 Å². The van der Waals surface area contributed by atoms with Crippen LogP contribution in [-0.2, 0) is 32.6 Å².